The van der Waals surface area contributed by atoms with Gasteiger partial charge in [-0.05, 0) is 48.9 Å². The molecule has 2 N–H and O–H groups in total. The number of aliphatic imine (C=N–C) groups is 1. The summed E-state index contributed by atoms with van der Waals surface area (Å²) in [5, 5.41) is 11.4. The quantitative estimate of drug-likeness (QED) is 0.515. The number of nitrogens with one attached hydrogen (secondary N) is 2. The first-order chi connectivity index (χ1) is 13.6. The monoisotopic (exact) mass is 405 g/mol. The van der Waals surface area contributed by atoms with Gasteiger partial charge in [-0.3, -0.25) is 4.99 Å². The molecular weight excluding hydrogens is 378 g/mol. The van der Waals surface area contributed by atoms with Gasteiger partial charge in [-0.1, -0.05) is 29.6 Å². The SMILES string of the molecule is CN=C(NCc1nc(-c2ccc(Cl)cc2)no1)NCC1(CCOC)CCCC1. The summed E-state index contributed by atoms with van der Waals surface area (Å²) in [4.78, 5) is 8.73. The van der Waals surface area contributed by atoms with Crippen molar-refractivity contribution in [2.75, 3.05) is 27.3 Å². The van der Waals surface area contributed by atoms with Gasteiger partial charge in [0.1, 0.15) is 0 Å². The molecule has 1 heterocycles. The zero-order valence-electron chi connectivity index (χ0n) is 16.5. The predicted molar refractivity (Wildman–Crippen MR) is 110 cm³/mol. The molecule has 0 radical (unpaired) electrons. The molecule has 28 heavy (non-hydrogen) atoms. The standard InChI is InChI=1S/C20H28ClN5O2/c1-22-19(24-14-20(11-12-27-2)9-3-4-10-20)23-13-17-25-18(26-28-17)15-5-7-16(21)8-6-15/h5-8H,3-4,9-14H2,1-2H3,(H2,22,23,24). The molecule has 0 atom stereocenters. The fourth-order valence-electron chi connectivity index (χ4n) is 3.65. The zero-order valence-corrected chi connectivity index (χ0v) is 17.3. The van der Waals surface area contributed by atoms with E-state index in [9.17, 15) is 0 Å². The van der Waals surface area contributed by atoms with Gasteiger partial charge in [0.05, 0.1) is 6.54 Å². The molecular formula is C20H28ClN5O2. The van der Waals surface area contributed by atoms with Crippen LogP contribution >= 0.6 is 11.6 Å². The largest absolute Gasteiger partial charge is 0.385 e. The number of hydrogen-bond acceptors (Lipinski definition) is 5. The highest BCUT2D eigenvalue weighted by Gasteiger charge is 2.33. The lowest BCUT2D eigenvalue weighted by molar-refractivity contribution is 0.138. The molecule has 8 heteroatoms. The van der Waals surface area contributed by atoms with Crippen LogP contribution in [0.15, 0.2) is 33.8 Å². The maximum atomic E-state index is 5.92. The van der Waals surface area contributed by atoms with E-state index in [1.54, 1.807) is 26.3 Å². The second-order valence-corrected chi connectivity index (χ2v) is 7.68. The lowest BCUT2D eigenvalue weighted by Gasteiger charge is -2.29. The van der Waals surface area contributed by atoms with E-state index in [0.29, 0.717) is 28.7 Å². The third-order valence-corrected chi connectivity index (χ3v) is 5.58. The highest BCUT2D eigenvalue weighted by atomic mass is 35.5. The summed E-state index contributed by atoms with van der Waals surface area (Å²) in [6.07, 6.45) is 6.10. The first-order valence-electron chi connectivity index (χ1n) is 9.66. The molecule has 2 aromatic rings. The molecule has 0 amide bonds. The van der Waals surface area contributed by atoms with Crippen molar-refractivity contribution < 1.29 is 9.26 Å². The molecule has 0 spiro atoms. The molecule has 0 aliphatic heterocycles. The van der Waals surface area contributed by atoms with E-state index in [1.807, 2.05) is 12.1 Å². The average molecular weight is 406 g/mol. The first kappa shape index (κ1) is 20.6. The van der Waals surface area contributed by atoms with Gasteiger partial charge < -0.3 is 19.9 Å². The van der Waals surface area contributed by atoms with Crippen LogP contribution in [-0.4, -0.2) is 43.4 Å². The topological polar surface area (TPSA) is 84.6 Å². The van der Waals surface area contributed by atoms with Crippen LogP contribution < -0.4 is 10.6 Å². The molecule has 0 saturated heterocycles. The number of nitrogens with zero attached hydrogens (tertiary/aromatic N) is 3. The Labute approximate surface area is 170 Å². The number of methoxy groups -OCH3 is 1. The summed E-state index contributed by atoms with van der Waals surface area (Å²) in [6.45, 7) is 2.09. The van der Waals surface area contributed by atoms with Crippen molar-refractivity contribution in [3.63, 3.8) is 0 Å². The van der Waals surface area contributed by atoms with Crippen LogP contribution in [0.4, 0.5) is 0 Å². The number of hydrogen-bond donors (Lipinski definition) is 2. The fraction of sp³-hybridized carbons (Fsp3) is 0.550. The van der Waals surface area contributed by atoms with Gasteiger partial charge in [-0.2, -0.15) is 4.98 Å². The van der Waals surface area contributed by atoms with E-state index in [0.717, 1.165) is 31.1 Å². The third kappa shape index (κ3) is 5.45. The van der Waals surface area contributed by atoms with Crippen LogP contribution in [-0.2, 0) is 11.3 Å². The Bertz CT molecular complexity index is 769. The van der Waals surface area contributed by atoms with E-state index in [2.05, 4.69) is 25.8 Å². The van der Waals surface area contributed by atoms with Gasteiger partial charge in [-0.15, -0.1) is 0 Å². The Morgan fingerprint density at radius 3 is 2.68 bits per heavy atom. The molecule has 1 aliphatic carbocycles. The van der Waals surface area contributed by atoms with Crippen molar-refractivity contribution in [1.82, 2.24) is 20.8 Å². The average Bonchev–Trinajstić information content (AvgIpc) is 3.37. The van der Waals surface area contributed by atoms with Crippen LogP contribution in [0.3, 0.4) is 0 Å². The highest BCUT2D eigenvalue weighted by molar-refractivity contribution is 6.30. The highest BCUT2D eigenvalue weighted by Crippen LogP contribution is 2.40. The summed E-state index contributed by atoms with van der Waals surface area (Å²) < 4.78 is 10.6. The minimum atomic E-state index is 0.292. The summed E-state index contributed by atoms with van der Waals surface area (Å²) in [5.41, 5.74) is 1.16. The molecule has 7 nitrogen and oxygen atoms in total. The molecule has 0 bridgehead atoms. The lowest BCUT2D eigenvalue weighted by Crippen LogP contribution is -2.43. The molecule has 152 valence electrons. The maximum Gasteiger partial charge on any atom is 0.246 e. The maximum absolute atomic E-state index is 5.92. The third-order valence-electron chi connectivity index (χ3n) is 5.33. The van der Waals surface area contributed by atoms with Gasteiger partial charge in [-0.25, -0.2) is 0 Å². The van der Waals surface area contributed by atoms with Crippen molar-refractivity contribution >= 4 is 17.6 Å². The smallest absolute Gasteiger partial charge is 0.246 e. The molecule has 1 fully saturated rings. The summed E-state index contributed by atoms with van der Waals surface area (Å²) in [5.74, 6) is 1.78. The molecule has 1 aromatic heterocycles. The zero-order chi connectivity index (χ0) is 19.8. The minimum Gasteiger partial charge on any atom is -0.385 e. The van der Waals surface area contributed by atoms with Crippen LogP contribution in [0.1, 0.15) is 38.0 Å². The predicted octanol–water partition coefficient (Wildman–Crippen LogP) is 3.65. The van der Waals surface area contributed by atoms with E-state index < -0.39 is 0 Å². The number of benzene rings is 1. The number of aromatic nitrogens is 2. The van der Waals surface area contributed by atoms with E-state index >= 15 is 0 Å². The lowest BCUT2D eigenvalue weighted by atomic mass is 9.83. The number of ether oxygens (including phenoxy) is 1. The number of halogens is 1. The molecule has 0 unspecified atom stereocenters. The Morgan fingerprint density at radius 2 is 2.00 bits per heavy atom. The van der Waals surface area contributed by atoms with Crippen LogP contribution in [0.25, 0.3) is 11.4 Å². The van der Waals surface area contributed by atoms with E-state index in [-0.39, 0.29) is 0 Å². The van der Waals surface area contributed by atoms with Crippen molar-refractivity contribution in [3.8, 4) is 11.4 Å². The van der Waals surface area contributed by atoms with Gasteiger partial charge in [0.2, 0.25) is 11.7 Å². The summed E-state index contributed by atoms with van der Waals surface area (Å²) >= 11 is 5.92. The van der Waals surface area contributed by atoms with Gasteiger partial charge in [0, 0.05) is 37.9 Å². The van der Waals surface area contributed by atoms with E-state index in [1.165, 1.54) is 25.7 Å². The van der Waals surface area contributed by atoms with E-state index in [4.69, 9.17) is 20.9 Å². The van der Waals surface area contributed by atoms with Crippen LogP contribution in [0.2, 0.25) is 5.02 Å². The Balaban J connectivity index is 1.52. The van der Waals surface area contributed by atoms with Crippen LogP contribution in [0.5, 0.6) is 0 Å². The van der Waals surface area contributed by atoms with Crippen molar-refractivity contribution in [2.24, 2.45) is 10.4 Å². The normalized spacial score (nSPS) is 16.3. The van der Waals surface area contributed by atoms with Gasteiger partial charge >= 0.3 is 0 Å². The molecule has 1 aliphatic rings. The summed E-state index contributed by atoms with van der Waals surface area (Å²) in [6, 6.07) is 7.34. The molecule has 3 rings (SSSR count). The van der Waals surface area contributed by atoms with Crippen molar-refractivity contribution in [2.45, 2.75) is 38.6 Å². The Morgan fingerprint density at radius 1 is 1.25 bits per heavy atom. The fourth-order valence-corrected chi connectivity index (χ4v) is 3.78. The van der Waals surface area contributed by atoms with Gasteiger partial charge in [0.25, 0.3) is 0 Å². The number of rotatable bonds is 8. The van der Waals surface area contributed by atoms with Crippen molar-refractivity contribution in [3.05, 3.63) is 35.2 Å². The first-order valence-corrected chi connectivity index (χ1v) is 10.0. The van der Waals surface area contributed by atoms with Crippen molar-refractivity contribution in [1.29, 1.82) is 0 Å². The molecule has 1 aromatic carbocycles. The minimum absolute atomic E-state index is 0.292. The van der Waals surface area contributed by atoms with Gasteiger partial charge in [0.15, 0.2) is 5.96 Å². The Hall–Kier alpha value is -2.12. The second kappa shape index (κ2) is 9.89. The molecule has 1 saturated carbocycles. The van der Waals surface area contributed by atoms with Crippen LogP contribution in [0, 0.1) is 5.41 Å². The second-order valence-electron chi connectivity index (χ2n) is 7.25. The number of guanidine groups is 1. The Kier molecular flexibility index (Phi) is 7.28. The summed E-state index contributed by atoms with van der Waals surface area (Å²) in [7, 11) is 3.53.